The normalized spacial score (nSPS) is 21.7. The third kappa shape index (κ3) is 5.74. The molecule has 4 rings (SSSR count). The molecule has 1 aliphatic carbocycles. The van der Waals surface area contributed by atoms with Crippen LogP contribution in [0.4, 0.5) is 10.2 Å². The van der Waals surface area contributed by atoms with Gasteiger partial charge >= 0.3 is 0 Å². The van der Waals surface area contributed by atoms with Crippen LogP contribution in [-0.2, 0) is 10.0 Å². The molecular weight excluding hydrogens is 481 g/mol. The number of aryl methyl sites for hydroxylation is 2. The Morgan fingerprint density at radius 2 is 1.78 bits per heavy atom. The fourth-order valence-electron chi connectivity index (χ4n) is 5.00. The molecule has 1 fully saturated rings. The Balaban J connectivity index is 1.59. The Hall–Kier alpha value is -2.35. The summed E-state index contributed by atoms with van der Waals surface area (Å²) in [6.07, 6.45) is 3.16. The number of anilines is 1. The number of benzene rings is 2. The first-order valence-corrected chi connectivity index (χ1v) is 16.3. The smallest absolute Gasteiger partial charge is 0.192 e. The minimum absolute atomic E-state index is 0.166. The van der Waals surface area contributed by atoms with Gasteiger partial charge in [0.25, 0.3) is 0 Å². The van der Waals surface area contributed by atoms with Crippen LogP contribution in [0.25, 0.3) is 10.9 Å². The Labute approximate surface area is 222 Å². The summed E-state index contributed by atoms with van der Waals surface area (Å²) in [5.41, 5.74) is 1.97. The minimum atomic E-state index is -1.85. The molecule has 200 valence electrons. The number of fused-ring (bicyclic) bond motifs is 1. The highest BCUT2D eigenvalue weighted by Gasteiger charge is 2.42. The average molecular weight is 524 g/mol. The number of hydrogen-bond acceptors (Lipinski definition) is 5. The number of hydrogen-bond donors (Lipinski definition) is 2. The Morgan fingerprint density at radius 1 is 1.11 bits per heavy atom. The second-order valence-corrected chi connectivity index (χ2v) is 17.1. The molecule has 1 heterocycles. The number of halogens is 1. The van der Waals surface area contributed by atoms with Crippen molar-refractivity contribution in [1.82, 2.24) is 9.97 Å². The van der Waals surface area contributed by atoms with Gasteiger partial charge in [-0.1, -0.05) is 45.0 Å². The summed E-state index contributed by atoms with van der Waals surface area (Å²) in [5.74, 6) is 1.09. The third-order valence-corrected chi connectivity index (χ3v) is 12.9. The van der Waals surface area contributed by atoms with E-state index in [-0.39, 0.29) is 23.0 Å². The number of nitrogens with zero attached hydrogens (tertiary/aromatic N) is 2. The predicted molar refractivity (Wildman–Crippen MR) is 152 cm³/mol. The molecule has 1 atom stereocenters. The topological polar surface area (TPSA) is 67.3 Å². The Morgan fingerprint density at radius 3 is 2.43 bits per heavy atom. The van der Waals surface area contributed by atoms with Crippen LogP contribution < -0.4 is 5.32 Å². The number of rotatable bonds is 6. The van der Waals surface area contributed by atoms with Gasteiger partial charge in [0.15, 0.2) is 8.32 Å². The van der Waals surface area contributed by atoms with E-state index >= 15 is 0 Å². The zero-order valence-electron chi connectivity index (χ0n) is 23.6. The predicted octanol–water partition coefficient (Wildman–Crippen LogP) is 7.71. The van der Waals surface area contributed by atoms with E-state index in [0.29, 0.717) is 35.6 Å². The Bertz CT molecular complexity index is 1280. The van der Waals surface area contributed by atoms with Crippen LogP contribution in [0.5, 0.6) is 0 Å². The number of aliphatic hydroxyl groups is 1. The molecular formula is C30H42FN3O2Si. The molecule has 0 amide bonds. The minimum Gasteiger partial charge on any atom is -0.414 e. The zero-order valence-corrected chi connectivity index (χ0v) is 24.6. The molecule has 3 aromatic rings. The van der Waals surface area contributed by atoms with Crippen LogP contribution in [0.15, 0.2) is 36.4 Å². The van der Waals surface area contributed by atoms with Crippen molar-refractivity contribution < 1.29 is 13.9 Å². The second kappa shape index (κ2) is 10.1. The van der Waals surface area contributed by atoms with Gasteiger partial charge in [-0.05, 0) is 87.8 Å². The van der Waals surface area contributed by atoms with Gasteiger partial charge in [-0.25, -0.2) is 14.4 Å². The number of nitrogens with one attached hydrogen (secondary N) is 1. The standard InChI is InChI=1S/C30H42FN3O2Si/c1-19-10-9-11-24(27(19)31)20(2)32-28-25-18-22(12-13-26(25)33-21(3)34-28)30(35)16-14-23(15-17-30)36-37(7,8)29(4,5)6/h9-13,18,20,23,35H,14-17H2,1-8H3,(H,32,33,34)/t20-,23?,30?/m1/s1. The molecule has 1 aromatic heterocycles. The van der Waals surface area contributed by atoms with Crippen LogP contribution >= 0.6 is 0 Å². The SMILES string of the molecule is Cc1nc(N[C@H](C)c2cccc(C)c2F)c2cc(C3(O)CCC(O[Si](C)(C)C(C)(C)C)CC3)ccc2n1. The first-order chi connectivity index (χ1) is 17.2. The quantitative estimate of drug-likeness (QED) is 0.324. The molecule has 1 aliphatic rings. The first kappa shape index (κ1) is 27.7. The average Bonchev–Trinajstić information content (AvgIpc) is 2.81. The largest absolute Gasteiger partial charge is 0.414 e. The molecule has 0 bridgehead atoms. The highest BCUT2D eigenvalue weighted by Crippen LogP contribution is 2.43. The van der Waals surface area contributed by atoms with Gasteiger partial charge in [0.1, 0.15) is 17.5 Å². The first-order valence-electron chi connectivity index (χ1n) is 13.4. The van der Waals surface area contributed by atoms with E-state index in [4.69, 9.17) is 4.43 Å². The van der Waals surface area contributed by atoms with Gasteiger partial charge in [-0.15, -0.1) is 0 Å². The van der Waals surface area contributed by atoms with Crippen molar-refractivity contribution in [3.8, 4) is 0 Å². The second-order valence-electron chi connectivity index (χ2n) is 12.3. The fraction of sp³-hybridized carbons (Fsp3) is 0.533. The summed E-state index contributed by atoms with van der Waals surface area (Å²) >= 11 is 0. The van der Waals surface area contributed by atoms with E-state index < -0.39 is 13.9 Å². The Kier molecular flexibility index (Phi) is 7.54. The summed E-state index contributed by atoms with van der Waals surface area (Å²) in [5, 5.41) is 16.1. The molecule has 0 spiro atoms. The summed E-state index contributed by atoms with van der Waals surface area (Å²) in [6, 6.07) is 11.1. The van der Waals surface area contributed by atoms with Crippen LogP contribution in [-0.4, -0.2) is 29.5 Å². The van der Waals surface area contributed by atoms with Crippen LogP contribution in [0.3, 0.4) is 0 Å². The van der Waals surface area contributed by atoms with Crippen LogP contribution in [0.1, 0.15) is 81.9 Å². The van der Waals surface area contributed by atoms with Crippen molar-refractivity contribution in [3.63, 3.8) is 0 Å². The van der Waals surface area contributed by atoms with Gasteiger partial charge in [0.05, 0.1) is 17.2 Å². The van der Waals surface area contributed by atoms with Gasteiger partial charge in [0, 0.05) is 17.1 Å². The third-order valence-electron chi connectivity index (χ3n) is 8.41. The molecule has 5 nitrogen and oxygen atoms in total. The summed E-state index contributed by atoms with van der Waals surface area (Å²) in [7, 11) is -1.85. The van der Waals surface area contributed by atoms with E-state index in [9.17, 15) is 9.50 Å². The van der Waals surface area contributed by atoms with Crippen molar-refractivity contribution >= 4 is 25.0 Å². The lowest BCUT2D eigenvalue weighted by Crippen LogP contribution is -2.46. The molecule has 0 saturated heterocycles. The van der Waals surface area contributed by atoms with Crippen LogP contribution in [0.2, 0.25) is 18.1 Å². The van der Waals surface area contributed by atoms with Crippen molar-refractivity contribution in [2.75, 3.05) is 5.32 Å². The van der Waals surface area contributed by atoms with E-state index in [2.05, 4.69) is 49.1 Å². The maximum absolute atomic E-state index is 14.8. The summed E-state index contributed by atoms with van der Waals surface area (Å²) in [4.78, 5) is 9.27. The summed E-state index contributed by atoms with van der Waals surface area (Å²) in [6.45, 7) is 16.9. The van der Waals surface area contributed by atoms with Crippen molar-refractivity contribution in [2.45, 2.75) is 103 Å². The maximum Gasteiger partial charge on any atom is 0.192 e. The van der Waals surface area contributed by atoms with Crippen molar-refractivity contribution in [1.29, 1.82) is 0 Å². The highest BCUT2D eigenvalue weighted by molar-refractivity contribution is 6.74. The van der Waals surface area contributed by atoms with Gasteiger partial charge in [-0.2, -0.15) is 0 Å². The van der Waals surface area contributed by atoms with E-state index in [0.717, 1.165) is 29.3 Å². The van der Waals surface area contributed by atoms with Gasteiger partial charge < -0.3 is 14.8 Å². The molecule has 0 radical (unpaired) electrons. The van der Waals surface area contributed by atoms with E-state index in [1.54, 1.807) is 19.1 Å². The lowest BCUT2D eigenvalue weighted by atomic mass is 9.78. The molecule has 7 heteroatoms. The summed E-state index contributed by atoms with van der Waals surface area (Å²) < 4.78 is 21.4. The molecule has 1 saturated carbocycles. The van der Waals surface area contributed by atoms with Crippen molar-refractivity contribution in [3.05, 3.63) is 64.7 Å². The lowest BCUT2D eigenvalue weighted by Gasteiger charge is -2.43. The molecule has 2 aromatic carbocycles. The van der Waals surface area contributed by atoms with Gasteiger partial charge in [-0.3, -0.25) is 0 Å². The van der Waals surface area contributed by atoms with Crippen molar-refractivity contribution in [2.24, 2.45) is 0 Å². The molecule has 0 aliphatic heterocycles. The fourth-order valence-corrected chi connectivity index (χ4v) is 6.42. The molecule has 2 N–H and O–H groups in total. The lowest BCUT2D eigenvalue weighted by molar-refractivity contribution is -0.0329. The van der Waals surface area contributed by atoms with E-state index in [1.807, 2.05) is 38.1 Å². The van der Waals surface area contributed by atoms with Gasteiger partial charge in [0.2, 0.25) is 0 Å². The molecule has 0 unspecified atom stereocenters. The van der Waals surface area contributed by atoms with E-state index in [1.165, 1.54) is 0 Å². The zero-order chi connectivity index (χ0) is 27.2. The maximum atomic E-state index is 14.8. The monoisotopic (exact) mass is 523 g/mol. The number of aromatic nitrogens is 2. The molecule has 37 heavy (non-hydrogen) atoms. The highest BCUT2D eigenvalue weighted by atomic mass is 28.4. The van der Waals surface area contributed by atoms with Crippen LogP contribution in [0, 0.1) is 19.7 Å².